The van der Waals surface area contributed by atoms with Crippen LogP contribution in [0.1, 0.15) is 17.3 Å². The average molecular weight is 404 g/mol. The van der Waals surface area contributed by atoms with Crippen molar-refractivity contribution in [2.45, 2.75) is 6.92 Å². The molecule has 0 spiro atoms. The van der Waals surface area contributed by atoms with E-state index >= 15 is 0 Å². The second kappa shape index (κ2) is 9.38. The summed E-state index contributed by atoms with van der Waals surface area (Å²) >= 11 is 0. The quantitative estimate of drug-likeness (QED) is 0.542. The van der Waals surface area contributed by atoms with E-state index in [1.165, 1.54) is 6.92 Å². The molecule has 0 aliphatic rings. The van der Waals surface area contributed by atoms with Gasteiger partial charge >= 0.3 is 5.97 Å². The highest BCUT2D eigenvalue weighted by molar-refractivity contribution is 5.96. The number of aromatic hydroxyl groups is 1. The Kier molecular flexibility index (Phi) is 6.44. The van der Waals surface area contributed by atoms with E-state index in [-0.39, 0.29) is 11.7 Å². The summed E-state index contributed by atoms with van der Waals surface area (Å²) in [5.41, 5.74) is 3.24. The summed E-state index contributed by atoms with van der Waals surface area (Å²) in [5.74, 6) is -1.09. The van der Waals surface area contributed by atoms with Crippen molar-refractivity contribution < 1.29 is 24.2 Å². The van der Waals surface area contributed by atoms with Crippen molar-refractivity contribution in [2.75, 3.05) is 17.2 Å². The van der Waals surface area contributed by atoms with Crippen LogP contribution in [0.15, 0.2) is 72.8 Å². The Morgan fingerprint density at radius 2 is 1.27 bits per heavy atom. The van der Waals surface area contributed by atoms with Crippen LogP contribution in [0.25, 0.3) is 11.1 Å². The highest BCUT2D eigenvalue weighted by Gasteiger charge is 2.11. The van der Waals surface area contributed by atoms with Gasteiger partial charge < -0.3 is 20.5 Å². The maximum absolute atomic E-state index is 12.2. The fourth-order valence-electron chi connectivity index (χ4n) is 2.70. The third-order valence-corrected chi connectivity index (χ3v) is 4.14. The summed E-state index contributed by atoms with van der Waals surface area (Å²) in [5, 5.41) is 14.6. The summed E-state index contributed by atoms with van der Waals surface area (Å²) in [6.45, 7) is 0.983. The zero-order chi connectivity index (χ0) is 21.5. The van der Waals surface area contributed by atoms with Crippen molar-refractivity contribution in [1.82, 2.24) is 0 Å². The van der Waals surface area contributed by atoms with Crippen LogP contribution < -0.4 is 10.6 Å². The topological polar surface area (TPSA) is 105 Å². The molecule has 7 heteroatoms. The van der Waals surface area contributed by atoms with Gasteiger partial charge in [-0.25, -0.2) is 4.79 Å². The van der Waals surface area contributed by atoms with Gasteiger partial charge in [-0.1, -0.05) is 24.3 Å². The molecule has 0 atom stereocenters. The van der Waals surface area contributed by atoms with Crippen LogP contribution in [-0.2, 0) is 14.3 Å². The number of ether oxygens (including phenoxy) is 1. The molecule has 3 aromatic carbocycles. The SMILES string of the molecule is CC(=O)Nc1ccc(NC(=O)COC(=O)c2ccc(-c3ccc(O)cc3)cc2)cc1. The van der Waals surface area contributed by atoms with Gasteiger partial charge in [0.15, 0.2) is 6.61 Å². The lowest BCUT2D eigenvalue weighted by atomic mass is 10.0. The number of anilines is 2. The number of nitrogens with one attached hydrogen (secondary N) is 2. The molecule has 0 aromatic heterocycles. The molecular formula is C23H20N2O5. The number of amides is 2. The summed E-state index contributed by atoms with van der Waals surface area (Å²) in [7, 11) is 0. The Morgan fingerprint density at radius 3 is 1.80 bits per heavy atom. The Labute approximate surface area is 173 Å². The predicted octanol–water partition coefficient (Wildman–Crippen LogP) is 3.81. The molecule has 30 heavy (non-hydrogen) atoms. The lowest BCUT2D eigenvalue weighted by Gasteiger charge is -2.08. The van der Waals surface area contributed by atoms with Crippen LogP contribution in [0.3, 0.4) is 0 Å². The summed E-state index contributed by atoms with van der Waals surface area (Å²) < 4.78 is 5.06. The highest BCUT2D eigenvalue weighted by atomic mass is 16.5. The number of hydrogen-bond donors (Lipinski definition) is 3. The molecular weight excluding hydrogens is 384 g/mol. The molecule has 3 N–H and O–H groups in total. The first-order valence-electron chi connectivity index (χ1n) is 9.15. The second-order valence-electron chi connectivity index (χ2n) is 6.51. The van der Waals surface area contributed by atoms with E-state index in [9.17, 15) is 19.5 Å². The van der Waals surface area contributed by atoms with Crippen LogP contribution >= 0.6 is 0 Å². The van der Waals surface area contributed by atoms with Gasteiger partial charge in [-0.15, -0.1) is 0 Å². The van der Waals surface area contributed by atoms with Gasteiger partial charge in [0.05, 0.1) is 5.56 Å². The highest BCUT2D eigenvalue weighted by Crippen LogP contribution is 2.22. The predicted molar refractivity (Wildman–Crippen MR) is 113 cm³/mol. The van der Waals surface area contributed by atoms with Crippen molar-refractivity contribution >= 4 is 29.2 Å². The standard InChI is InChI=1S/C23H20N2O5/c1-15(26)24-19-8-10-20(11-9-19)25-22(28)14-30-23(29)18-4-2-16(3-5-18)17-6-12-21(27)13-7-17/h2-13,27H,14H2,1H3,(H,24,26)(H,25,28). The van der Waals surface area contributed by atoms with E-state index in [4.69, 9.17) is 4.74 Å². The van der Waals surface area contributed by atoms with Crippen LogP contribution in [0.4, 0.5) is 11.4 Å². The van der Waals surface area contributed by atoms with Gasteiger partial charge in [-0.2, -0.15) is 0 Å². The third kappa shape index (κ3) is 5.68. The van der Waals surface area contributed by atoms with Gasteiger partial charge in [0.1, 0.15) is 5.75 Å². The van der Waals surface area contributed by atoms with Crippen molar-refractivity contribution in [3.63, 3.8) is 0 Å². The minimum Gasteiger partial charge on any atom is -0.508 e. The minimum atomic E-state index is -0.608. The van der Waals surface area contributed by atoms with Crippen molar-refractivity contribution in [2.24, 2.45) is 0 Å². The van der Waals surface area contributed by atoms with Gasteiger partial charge in [-0.05, 0) is 59.7 Å². The fraction of sp³-hybridized carbons (Fsp3) is 0.0870. The fourth-order valence-corrected chi connectivity index (χ4v) is 2.70. The molecule has 0 fully saturated rings. The molecule has 0 saturated carbocycles. The van der Waals surface area contributed by atoms with Crippen molar-refractivity contribution in [3.05, 3.63) is 78.4 Å². The molecule has 3 aromatic rings. The molecule has 2 amide bonds. The van der Waals surface area contributed by atoms with E-state index in [1.54, 1.807) is 72.8 Å². The first-order chi connectivity index (χ1) is 14.4. The van der Waals surface area contributed by atoms with Crippen LogP contribution in [-0.4, -0.2) is 29.5 Å². The number of carbonyl (C=O) groups excluding carboxylic acids is 3. The van der Waals surface area contributed by atoms with E-state index in [0.717, 1.165) is 11.1 Å². The normalized spacial score (nSPS) is 10.2. The van der Waals surface area contributed by atoms with Gasteiger partial charge in [-0.3, -0.25) is 9.59 Å². The number of phenols is 1. The molecule has 0 radical (unpaired) electrons. The maximum Gasteiger partial charge on any atom is 0.338 e. The Balaban J connectivity index is 1.51. The number of carbonyl (C=O) groups is 3. The molecule has 0 bridgehead atoms. The average Bonchev–Trinajstić information content (AvgIpc) is 2.74. The zero-order valence-electron chi connectivity index (χ0n) is 16.2. The van der Waals surface area contributed by atoms with Crippen LogP contribution in [0.5, 0.6) is 5.75 Å². The number of benzene rings is 3. The third-order valence-electron chi connectivity index (χ3n) is 4.14. The largest absolute Gasteiger partial charge is 0.508 e. The molecule has 0 saturated heterocycles. The minimum absolute atomic E-state index is 0.181. The van der Waals surface area contributed by atoms with Gasteiger partial charge in [0.25, 0.3) is 5.91 Å². The van der Waals surface area contributed by atoms with Gasteiger partial charge in [0.2, 0.25) is 5.91 Å². The molecule has 7 nitrogen and oxygen atoms in total. The second-order valence-corrected chi connectivity index (χ2v) is 6.51. The van der Waals surface area contributed by atoms with Crippen LogP contribution in [0, 0.1) is 0 Å². The van der Waals surface area contributed by atoms with Crippen molar-refractivity contribution in [3.8, 4) is 16.9 Å². The lowest BCUT2D eigenvalue weighted by molar-refractivity contribution is -0.119. The molecule has 3 rings (SSSR count). The maximum atomic E-state index is 12.2. The summed E-state index contributed by atoms with van der Waals surface area (Å²) in [6, 6.07) is 20.0. The lowest BCUT2D eigenvalue weighted by Crippen LogP contribution is -2.20. The molecule has 0 unspecified atom stereocenters. The summed E-state index contributed by atoms with van der Waals surface area (Å²) in [6.07, 6.45) is 0. The molecule has 0 aliphatic heterocycles. The first kappa shape index (κ1) is 20.6. The molecule has 0 aliphatic carbocycles. The van der Waals surface area contributed by atoms with E-state index in [2.05, 4.69) is 10.6 Å². The summed E-state index contributed by atoms with van der Waals surface area (Å²) in [4.78, 5) is 35.2. The molecule has 152 valence electrons. The number of hydrogen-bond acceptors (Lipinski definition) is 5. The van der Waals surface area contributed by atoms with E-state index < -0.39 is 18.5 Å². The number of phenolic OH excluding ortho intramolecular Hbond substituents is 1. The first-order valence-corrected chi connectivity index (χ1v) is 9.15. The number of esters is 1. The Morgan fingerprint density at radius 1 is 0.767 bits per heavy atom. The Bertz CT molecular complexity index is 1040. The smallest absolute Gasteiger partial charge is 0.338 e. The Hall–Kier alpha value is -4.13. The van der Waals surface area contributed by atoms with E-state index in [0.29, 0.717) is 16.9 Å². The molecule has 0 heterocycles. The van der Waals surface area contributed by atoms with Crippen LogP contribution in [0.2, 0.25) is 0 Å². The van der Waals surface area contributed by atoms with Crippen molar-refractivity contribution in [1.29, 1.82) is 0 Å². The zero-order valence-corrected chi connectivity index (χ0v) is 16.2. The number of rotatable bonds is 6. The monoisotopic (exact) mass is 404 g/mol. The van der Waals surface area contributed by atoms with E-state index in [1.807, 2.05) is 0 Å². The van der Waals surface area contributed by atoms with Gasteiger partial charge in [0, 0.05) is 18.3 Å².